The molecule has 0 aliphatic heterocycles. The molecule has 0 fully saturated rings. The maximum absolute atomic E-state index is 13.0. The summed E-state index contributed by atoms with van der Waals surface area (Å²) in [6, 6.07) is 20.0. The number of hydrogen-bond donors (Lipinski definition) is 2. The first-order valence-corrected chi connectivity index (χ1v) is 11.0. The minimum absolute atomic E-state index is 0.147. The van der Waals surface area contributed by atoms with Gasteiger partial charge in [-0.1, -0.05) is 35.9 Å². The van der Waals surface area contributed by atoms with Gasteiger partial charge < -0.3 is 5.32 Å². The van der Waals surface area contributed by atoms with E-state index in [4.69, 9.17) is 0 Å². The number of aryl methyl sites for hydroxylation is 3. The molecule has 2 N–H and O–H groups in total. The number of benzene rings is 3. The molecule has 0 aliphatic rings. The number of nitrogens with zero attached hydrogens (tertiary/aromatic N) is 2. The Hall–Kier alpha value is -3.45. The van der Waals surface area contributed by atoms with Gasteiger partial charge in [0.25, 0.3) is 10.0 Å². The van der Waals surface area contributed by atoms with Crippen molar-refractivity contribution < 1.29 is 8.42 Å². The molecule has 1 heterocycles. The fourth-order valence-corrected chi connectivity index (χ4v) is 4.25. The summed E-state index contributed by atoms with van der Waals surface area (Å²) in [5.74, 6) is 0.489. The lowest BCUT2D eigenvalue weighted by atomic mass is 10.1. The van der Waals surface area contributed by atoms with E-state index in [2.05, 4.69) is 26.1 Å². The smallest absolute Gasteiger partial charge is 0.263 e. The van der Waals surface area contributed by atoms with Gasteiger partial charge in [-0.05, 0) is 68.3 Å². The molecule has 7 heteroatoms. The van der Waals surface area contributed by atoms with Gasteiger partial charge in [-0.25, -0.2) is 18.4 Å². The maximum Gasteiger partial charge on any atom is 0.263 e. The van der Waals surface area contributed by atoms with Crippen molar-refractivity contribution in [3.8, 4) is 0 Å². The monoisotopic (exact) mass is 418 g/mol. The molecule has 0 radical (unpaired) electrons. The van der Waals surface area contributed by atoms with E-state index < -0.39 is 10.0 Å². The molecule has 0 atom stereocenters. The van der Waals surface area contributed by atoms with Crippen molar-refractivity contribution in [1.29, 1.82) is 0 Å². The summed E-state index contributed by atoms with van der Waals surface area (Å²) in [7, 11) is -3.82. The van der Waals surface area contributed by atoms with Crippen molar-refractivity contribution >= 4 is 38.4 Å². The van der Waals surface area contributed by atoms with Gasteiger partial charge in [0.2, 0.25) is 0 Å². The number of hydrogen-bond acceptors (Lipinski definition) is 5. The fourth-order valence-electron chi connectivity index (χ4n) is 3.25. The van der Waals surface area contributed by atoms with E-state index in [1.54, 1.807) is 30.3 Å². The Balaban J connectivity index is 1.79. The van der Waals surface area contributed by atoms with Crippen molar-refractivity contribution in [1.82, 2.24) is 9.97 Å². The molecule has 0 saturated carbocycles. The molecule has 0 saturated heterocycles. The second kappa shape index (κ2) is 7.76. The van der Waals surface area contributed by atoms with Crippen LogP contribution in [-0.2, 0) is 10.0 Å². The first-order chi connectivity index (χ1) is 14.3. The van der Waals surface area contributed by atoms with E-state index in [-0.39, 0.29) is 10.7 Å². The predicted octanol–water partition coefficient (Wildman–Crippen LogP) is 5.10. The Morgan fingerprint density at radius 2 is 1.27 bits per heavy atom. The minimum Gasteiger partial charge on any atom is -0.337 e. The predicted molar refractivity (Wildman–Crippen MR) is 121 cm³/mol. The van der Waals surface area contributed by atoms with Crippen LogP contribution < -0.4 is 10.0 Å². The third-order valence-corrected chi connectivity index (χ3v) is 5.97. The lowest BCUT2D eigenvalue weighted by Gasteiger charge is -2.14. The molecule has 0 aliphatic carbocycles. The van der Waals surface area contributed by atoms with Gasteiger partial charge in [0.15, 0.2) is 11.6 Å². The highest BCUT2D eigenvalue weighted by Crippen LogP contribution is 2.28. The molecule has 3 aromatic carbocycles. The summed E-state index contributed by atoms with van der Waals surface area (Å²) in [4.78, 5) is 9.32. The van der Waals surface area contributed by atoms with Crippen molar-refractivity contribution in [2.45, 2.75) is 25.7 Å². The van der Waals surface area contributed by atoms with Gasteiger partial charge in [-0.2, -0.15) is 0 Å². The number of para-hydroxylation sites is 2. The number of anilines is 3. The maximum atomic E-state index is 13.0. The van der Waals surface area contributed by atoms with Crippen molar-refractivity contribution in [3.63, 3.8) is 0 Å². The van der Waals surface area contributed by atoms with Crippen molar-refractivity contribution in [3.05, 3.63) is 83.4 Å². The highest BCUT2D eigenvalue weighted by atomic mass is 32.2. The molecule has 6 nitrogen and oxygen atoms in total. The molecule has 0 unspecified atom stereocenters. The fraction of sp³-hybridized carbons (Fsp3) is 0.130. The van der Waals surface area contributed by atoms with Gasteiger partial charge >= 0.3 is 0 Å². The molecular formula is C23H22N4O2S. The highest BCUT2D eigenvalue weighted by Gasteiger charge is 2.19. The van der Waals surface area contributed by atoms with E-state index in [0.717, 1.165) is 22.4 Å². The SMILES string of the molecule is Cc1ccc(S(=O)(=O)Nc2nc3ccccc3nc2Nc2cc(C)cc(C)c2)cc1. The average molecular weight is 419 g/mol. The summed E-state index contributed by atoms with van der Waals surface area (Å²) >= 11 is 0. The molecular weight excluding hydrogens is 396 g/mol. The van der Waals surface area contributed by atoms with Crippen LogP contribution in [0.3, 0.4) is 0 Å². The summed E-state index contributed by atoms with van der Waals surface area (Å²) in [5.41, 5.74) is 5.25. The molecule has 0 amide bonds. The standard InChI is InChI=1S/C23H22N4O2S/c1-15-8-10-19(11-9-15)30(28,29)27-23-22(24-18-13-16(2)12-17(3)14-18)25-20-6-4-5-7-21(20)26-23/h4-14H,1-3H3,(H,24,25)(H,26,27). The van der Waals surface area contributed by atoms with Crippen LogP contribution in [0, 0.1) is 20.8 Å². The summed E-state index contributed by atoms with van der Waals surface area (Å²) in [6.07, 6.45) is 0. The first-order valence-electron chi connectivity index (χ1n) is 9.52. The molecule has 4 aromatic rings. The van der Waals surface area contributed by atoms with Crippen LogP contribution in [0.15, 0.2) is 71.6 Å². The van der Waals surface area contributed by atoms with E-state index >= 15 is 0 Å². The van der Waals surface area contributed by atoms with Crippen molar-refractivity contribution in [2.24, 2.45) is 0 Å². The van der Waals surface area contributed by atoms with Crippen LogP contribution >= 0.6 is 0 Å². The van der Waals surface area contributed by atoms with E-state index in [9.17, 15) is 8.42 Å². The highest BCUT2D eigenvalue weighted by molar-refractivity contribution is 7.92. The van der Waals surface area contributed by atoms with Crippen LogP contribution in [-0.4, -0.2) is 18.4 Å². The van der Waals surface area contributed by atoms with E-state index in [0.29, 0.717) is 16.9 Å². The molecule has 0 bridgehead atoms. The zero-order valence-corrected chi connectivity index (χ0v) is 17.8. The molecule has 0 spiro atoms. The van der Waals surface area contributed by atoms with E-state index in [1.807, 2.05) is 51.1 Å². The number of rotatable bonds is 5. The van der Waals surface area contributed by atoms with Gasteiger partial charge in [0.05, 0.1) is 15.9 Å². The van der Waals surface area contributed by atoms with Crippen molar-refractivity contribution in [2.75, 3.05) is 10.0 Å². The van der Waals surface area contributed by atoms with Crippen LogP contribution in [0.1, 0.15) is 16.7 Å². The molecule has 30 heavy (non-hydrogen) atoms. The third kappa shape index (κ3) is 4.26. The van der Waals surface area contributed by atoms with Gasteiger partial charge in [-0.15, -0.1) is 0 Å². The summed E-state index contributed by atoms with van der Waals surface area (Å²) < 4.78 is 28.5. The van der Waals surface area contributed by atoms with Crippen LogP contribution in [0.4, 0.5) is 17.3 Å². The van der Waals surface area contributed by atoms with Crippen LogP contribution in [0.2, 0.25) is 0 Å². The largest absolute Gasteiger partial charge is 0.337 e. The first kappa shape index (κ1) is 19.8. The third-order valence-electron chi connectivity index (χ3n) is 4.62. The average Bonchev–Trinajstić information content (AvgIpc) is 2.68. The Bertz CT molecular complexity index is 1310. The Labute approximate surface area is 176 Å². The number of fused-ring (bicyclic) bond motifs is 1. The van der Waals surface area contributed by atoms with Crippen LogP contribution in [0.5, 0.6) is 0 Å². The quantitative estimate of drug-likeness (QED) is 0.471. The number of aromatic nitrogens is 2. The second-order valence-electron chi connectivity index (χ2n) is 7.33. The molecule has 1 aromatic heterocycles. The Morgan fingerprint density at radius 1 is 0.700 bits per heavy atom. The van der Waals surface area contributed by atoms with E-state index in [1.165, 1.54) is 0 Å². The lowest BCUT2D eigenvalue weighted by Crippen LogP contribution is -2.16. The minimum atomic E-state index is -3.82. The zero-order chi connectivity index (χ0) is 21.3. The number of nitrogens with one attached hydrogen (secondary N) is 2. The Kier molecular flexibility index (Phi) is 5.13. The van der Waals surface area contributed by atoms with Gasteiger partial charge in [-0.3, -0.25) is 4.72 Å². The summed E-state index contributed by atoms with van der Waals surface area (Å²) in [6.45, 7) is 5.92. The zero-order valence-electron chi connectivity index (χ0n) is 17.0. The molecule has 4 rings (SSSR count). The number of sulfonamides is 1. The van der Waals surface area contributed by atoms with Crippen LogP contribution in [0.25, 0.3) is 11.0 Å². The summed E-state index contributed by atoms with van der Waals surface area (Å²) in [5, 5.41) is 3.23. The topological polar surface area (TPSA) is 84.0 Å². The van der Waals surface area contributed by atoms with Gasteiger partial charge in [0.1, 0.15) is 0 Å². The lowest BCUT2D eigenvalue weighted by molar-refractivity contribution is 0.601. The second-order valence-corrected chi connectivity index (χ2v) is 9.01. The normalized spacial score (nSPS) is 11.4. The molecule has 152 valence electrons. The Morgan fingerprint density at radius 3 is 1.87 bits per heavy atom. The van der Waals surface area contributed by atoms with Gasteiger partial charge in [0, 0.05) is 5.69 Å².